The van der Waals surface area contributed by atoms with Crippen LogP contribution >= 0.6 is 15.9 Å². The van der Waals surface area contributed by atoms with Gasteiger partial charge in [-0.1, -0.05) is 39.3 Å². The van der Waals surface area contributed by atoms with Crippen molar-refractivity contribution in [3.8, 4) is 11.3 Å². The Bertz CT molecular complexity index is 453. The third-order valence-corrected chi connectivity index (χ3v) is 2.79. The molecular weight excluding hydrogens is 256 g/mol. The van der Waals surface area contributed by atoms with Gasteiger partial charge in [-0.05, 0) is 12.6 Å². The Labute approximate surface area is 96.4 Å². The minimum Gasteiger partial charge on any atom is -0.361 e. The van der Waals surface area contributed by atoms with Gasteiger partial charge in [0, 0.05) is 22.5 Å². The van der Waals surface area contributed by atoms with Gasteiger partial charge in [-0.15, -0.1) is 0 Å². The summed E-state index contributed by atoms with van der Waals surface area (Å²) < 4.78 is 6.18. The van der Waals surface area contributed by atoms with Crippen molar-refractivity contribution in [1.82, 2.24) is 5.16 Å². The van der Waals surface area contributed by atoms with Crippen molar-refractivity contribution in [3.63, 3.8) is 0 Å². The standard InChI is InChI=1S/C11H11BrN2O/c12-10-4-2-1-3-9(10)11-7-8(5-6-13)15-14-11/h1-4,7H,5-6,13H2. The average molecular weight is 267 g/mol. The number of nitrogens with zero attached hydrogens (tertiary/aromatic N) is 1. The van der Waals surface area contributed by atoms with Crippen LogP contribution in [0.4, 0.5) is 0 Å². The zero-order chi connectivity index (χ0) is 10.7. The summed E-state index contributed by atoms with van der Waals surface area (Å²) in [6.07, 6.45) is 0.720. The highest BCUT2D eigenvalue weighted by molar-refractivity contribution is 9.10. The summed E-state index contributed by atoms with van der Waals surface area (Å²) in [6, 6.07) is 9.83. The van der Waals surface area contributed by atoms with Gasteiger partial charge < -0.3 is 10.3 Å². The maximum Gasteiger partial charge on any atom is 0.138 e. The Morgan fingerprint density at radius 3 is 2.87 bits per heavy atom. The molecular formula is C11H11BrN2O. The fourth-order valence-corrected chi connectivity index (χ4v) is 1.86. The maximum absolute atomic E-state index is 5.44. The third kappa shape index (κ3) is 2.27. The van der Waals surface area contributed by atoms with Crippen LogP contribution in [0.15, 0.2) is 39.3 Å². The van der Waals surface area contributed by atoms with Gasteiger partial charge in [0.15, 0.2) is 0 Å². The van der Waals surface area contributed by atoms with E-state index in [2.05, 4.69) is 21.1 Å². The van der Waals surface area contributed by atoms with Gasteiger partial charge in [0.2, 0.25) is 0 Å². The zero-order valence-corrected chi connectivity index (χ0v) is 9.70. The molecule has 0 amide bonds. The lowest BCUT2D eigenvalue weighted by molar-refractivity contribution is 0.386. The normalized spacial score (nSPS) is 10.5. The van der Waals surface area contributed by atoms with E-state index in [1.54, 1.807) is 0 Å². The van der Waals surface area contributed by atoms with Crippen LogP contribution in [0.5, 0.6) is 0 Å². The van der Waals surface area contributed by atoms with Crippen LogP contribution in [0, 0.1) is 0 Å². The maximum atomic E-state index is 5.44. The van der Waals surface area contributed by atoms with E-state index < -0.39 is 0 Å². The Balaban J connectivity index is 2.33. The fraction of sp³-hybridized carbons (Fsp3) is 0.182. The molecule has 1 heterocycles. The largest absolute Gasteiger partial charge is 0.361 e. The molecule has 0 aliphatic rings. The molecule has 2 aromatic rings. The second-order valence-electron chi connectivity index (χ2n) is 3.20. The first-order valence-corrected chi connectivity index (χ1v) is 5.51. The number of aromatic nitrogens is 1. The summed E-state index contributed by atoms with van der Waals surface area (Å²) in [5.74, 6) is 0.822. The van der Waals surface area contributed by atoms with Gasteiger partial charge in [0.1, 0.15) is 11.5 Å². The highest BCUT2D eigenvalue weighted by Gasteiger charge is 2.08. The molecule has 4 heteroatoms. The second-order valence-corrected chi connectivity index (χ2v) is 4.05. The Morgan fingerprint density at radius 1 is 1.33 bits per heavy atom. The molecule has 2 N–H and O–H groups in total. The smallest absolute Gasteiger partial charge is 0.138 e. The molecule has 1 aromatic heterocycles. The molecule has 0 atom stereocenters. The highest BCUT2D eigenvalue weighted by Crippen LogP contribution is 2.27. The topological polar surface area (TPSA) is 52.0 Å². The number of hydrogen-bond donors (Lipinski definition) is 1. The van der Waals surface area contributed by atoms with E-state index in [-0.39, 0.29) is 0 Å². The molecule has 0 saturated carbocycles. The van der Waals surface area contributed by atoms with Crippen LogP contribution in [0.1, 0.15) is 5.76 Å². The van der Waals surface area contributed by atoms with Crippen LogP contribution in [0.25, 0.3) is 11.3 Å². The predicted molar refractivity (Wildman–Crippen MR) is 62.4 cm³/mol. The SMILES string of the molecule is NCCc1cc(-c2ccccc2Br)no1. The Morgan fingerprint density at radius 2 is 2.13 bits per heavy atom. The first-order chi connectivity index (χ1) is 7.31. The number of rotatable bonds is 3. The summed E-state index contributed by atoms with van der Waals surface area (Å²) in [4.78, 5) is 0. The van der Waals surface area contributed by atoms with Gasteiger partial charge >= 0.3 is 0 Å². The van der Waals surface area contributed by atoms with Crippen molar-refractivity contribution in [2.45, 2.75) is 6.42 Å². The van der Waals surface area contributed by atoms with Crippen LogP contribution in [0.3, 0.4) is 0 Å². The van der Waals surface area contributed by atoms with E-state index in [0.29, 0.717) is 6.54 Å². The van der Waals surface area contributed by atoms with E-state index >= 15 is 0 Å². The minimum absolute atomic E-state index is 0.574. The summed E-state index contributed by atoms with van der Waals surface area (Å²) in [6.45, 7) is 0.574. The molecule has 3 nitrogen and oxygen atoms in total. The van der Waals surface area contributed by atoms with E-state index in [1.165, 1.54) is 0 Å². The van der Waals surface area contributed by atoms with E-state index in [1.807, 2.05) is 30.3 Å². The van der Waals surface area contributed by atoms with Gasteiger partial charge in [0.25, 0.3) is 0 Å². The summed E-state index contributed by atoms with van der Waals surface area (Å²) in [7, 11) is 0. The average Bonchev–Trinajstić information content (AvgIpc) is 2.68. The number of halogens is 1. The van der Waals surface area contributed by atoms with Crippen LogP contribution in [-0.2, 0) is 6.42 Å². The molecule has 15 heavy (non-hydrogen) atoms. The molecule has 0 aliphatic heterocycles. The molecule has 2 rings (SSSR count). The first-order valence-electron chi connectivity index (χ1n) is 4.72. The Hall–Kier alpha value is -1.13. The van der Waals surface area contributed by atoms with Crippen molar-refractivity contribution in [3.05, 3.63) is 40.6 Å². The lowest BCUT2D eigenvalue weighted by Gasteiger charge is -1.97. The van der Waals surface area contributed by atoms with Crippen molar-refractivity contribution < 1.29 is 4.52 Å². The van der Waals surface area contributed by atoms with Gasteiger partial charge in [0.05, 0.1) is 0 Å². The molecule has 0 fully saturated rings. The monoisotopic (exact) mass is 266 g/mol. The fourth-order valence-electron chi connectivity index (χ4n) is 1.37. The number of hydrogen-bond acceptors (Lipinski definition) is 3. The molecule has 0 bridgehead atoms. The molecule has 1 aromatic carbocycles. The number of nitrogens with two attached hydrogens (primary N) is 1. The third-order valence-electron chi connectivity index (χ3n) is 2.10. The Kier molecular flexibility index (Phi) is 3.18. The zero-order valence-electron chi connectivity index (χ0n) is 8.11. The molecule has 0 radical (unpaired) electrons. The predicted octanol–water partition coefficient (Wildman–Crippen LogP) is 2.61. The quantitative estimate of drug-likeness (QED) is 0.929. The summed E-state index contributed by atoms with van der Waals surface area (Å²) in [5, 5.41) is 4.01. The molecule has 0 aliphatic carbocycles. The highest BCUT2D eigenvalue weighted by atomic mass is 79.9. The second kappa shape index (κ2) is 4.59. The van der Waals surface area contributed by atoms with Gasteiger partial charge in [-0.25, -0.2) is 0 Å². The van der Waals surface area contributed by atoms with E-state index in [4.69, 9.17) is 10.3 Å². The van der Waals surface area contributed by atoms with Crippen LogP contribution < -0.4 is 5.73 Å². The van der Waals surface area contributed by atoms with Gasteiger partial charge in [-0.2, -0.15) is 0 Å². The van der Waals surface area contributed by atoms with Gasteiger partial charge in [-0.3, -0.25) is 0 Å². The van der Waals surface area contributed by atoms with Crippen LogP contribution in [-0.4, -0.2) is 11.7 Å². The van der Waals surface area contributed by atoms with Crippen LogP contribution in [0.2, 0.25) is 0 Å². The molecule has 0 unspecified atom stereocenters. The molecule has 0 spiro atoms. The molecule has 0 saturated heterocycles. The first kappa shape index (κ1) is 10.4. The van der Waals surface area contributed by atoms with E-state index in [0.717, 1.165) is 27.9 Å². The van der Waals surface area contributed by atoms with Crippen molar-refractivity contribution in [1.29, 1.82) is 0 Å². The minimum atomic E-state index is 0.574. The van der Waals surface area contributed by atoms with E-state index in [9.17, 15) is 0 Å². The molecule has 78 valence electrons. The van der Waals surface area contributed by atoms with Crippen molar-refractivity contribution in [2.75, 3.05) is 6.54 Å². The number of benzene rings is 1. The lowest BCUT2D eigenvalue weighted by Crippen LogP contribution is -2.01. The van der Waals surface area contributed by atoms with Crippen molar-refractivity contribution >= 4 is 15.9 Å². The summed E-state index contributed by atoms with van der Waals surface area (Å²) >= 11 is 3.47. The lowest BCUT2D eigenvalue weighted by atomic mass is 10.1. The summed E-state index contributed by atoms with van der Waals surface area (Å²) in [5.41, 5.74) is 7.31. The van der Waals surface area contributed by atoms with Crippen molar-refractivity contribution in [2.24, 2.45) is 5.73 Å².